The second-order valence-corrected chi connectivity index (χ2v) is 14.4. The normalized spacial score (nSPS) is 14.3. The average molecular weight is 696 g/mol. The molecule has 0 spiro atoms. The zero-order chi connectivity index (χ0) is 36.2. The van der Waals surface area contributed by atoms with Gasteiger partial charge >= 0.3 is 0 Å². The van der Waals surface area contributed by atoms with Gasteiger partial charge in [0.25, 0.3) is 0 Å². The minimum absolute atomic E-state index is 0.0400. The second kappa shape index (κ2) is 22.6. The predicted molar refractivity (Wildman–Crippen MR) is 199 cm³/mol. The molecule has 266 valence electrons. The summed E-state index contributed by atoms with van der Waals surface area (Å²) in [6.07, 6.45) is 5.94. The van der Waals surface area contributed by atoms with Crippen molar-refractivity contribution in [3.63, 3.8) is 0 Å². The number of hydrogen-bond acceptors (Lipinski definition) is 7. The molecule has 0 radical (unpaired) electrons. The third-order valence-electron chi connectivity index (χ3n) is 7.60. The third-order valence-corrected chi connectivity index (χ3v) is 8.04. The molecule has 12 heteroatoms. The number of carbonyl (C=O) groups is 2. The lowest BCUT2D eigenvalue weighted by Gasteiger charge is -2.46. The van der Waals surface area contributed by atoms with Crippen molar-refractivity contribution in [3.8, 4) is 0 Å². The standard InChI is InChI=1S/C31H44Cl2N2O.C2H5NO.CH6N4.CH5N/c1-22-8-10-24(11-9-22)28(12-15-30(2,3)4)35(27-13-16-34(17-14-27)31(5,6)7)29(36)20-23-18-25(32)21-26(33)19-23;1-3-2-4;2-1-4-5-3;1-2/h8-11,18-19,21,27-28H,12-17,20H2,1-7H3;2H,1H3,(H,3,4);1,5H,3H2,(H2,2,4);2H2,1H3. The molecule has 1 heterocycles. The molecule has 1 atom stereocenters. The van der Waals surface area contributed by atoms with Crippen LogP contribution in [0.1, 0.15) is 90.0 Å². The number of hydrazone groups is 1. The number of nitrogens with one attached hydrogen (secondary N) is 2. The zero-order valence-electron chi connectivity index (χ0n) is 29.9. The molecule has 2 aromatic rings. The van der Waals surface area contributed by atoms with Crippen LogP contribution in [0.2, 0.25) is 10.0 Å². The maximum Gasteiger partial charge on any atom is 0.227 e. The Hall–Kier alpha value is -2.89. The second-order valence-electron chi connectivity index (χ2n) is 13.5. The van der Waals surface area contributed by atoms with E-state index in [1.165, 1.54) is 18.2 Å². The number of nitrogens with two attached hydrogens (primary N) is 3. The summed E-state index contributed by atoms with van der Waals surface area (Å²) in [6, 6.07) is 14.4. The molecule has 0 saturated carbocycles. The first-order chi connectivity index (χ1) is 22.1. The number of likely N-dealkylation sites (tertiary alicyclic amines) is 1. The molecule has 1 unspecified atom stereocenters. The minimum Gasteiger partial charge on any atom is -0.388 e. The number of hydrogen-bond donors (Lipinski definition) is 5. The van der Waals surface area contributed by atoms with E-state index in [1.807, 2.05) is 17.7 Å². The Kier molecular flexibility index (Phi) is 21.2. The molecular formula is C35H60Cl2N8O2. The smallest absolute Gasteiger partial charge is 0.227 e. The highest BCUT2D eigenvalue weighted by molar-refractivity contribution is 6.34. The van der Waals surface area contributed by atoms with E-state index in [2.05, 4.69) is 105 Å². The first-order valence-electron chi connectivity index (χ1n) is 16.0. The Morgan fingerprint density at radius 3 is 1.94 bits per heavy atom. The quantitative estimate of drug-likeness (QED) is 0.0731. The molecule has 47 heavy (non-hydrogen) atoms. The number of nitrogens with zero attached hydrogens (tertiary/aromatic N) is 3. The van der Waals surface area contributed by atoms with Crippen LogP contribution in [0.15, 0.2) is 47.6 Å². The highest BCUT2D eigenvalue weighted by atomic mass is 35.5. The summed E-state index contributed by atoms with van der Waals surface area (Å²) >= 11 is 12.6. The van der Waals surface area contributed by atoms with Gasteiger partial charge in [0.05, 0.1) is 12.5 Å². The van der Waals surface area contributed by atoms with E-state index < -0.39 is 0 Å². The van der Waals surface area contributed by atoms with Crippen molar-refractivity contribution in [2.45, 2.75) is 98.2 Å². The summed E-state index contributed by atoms with van der Waals surface area (Å²) in [5, 5.41) is 6.54. The van der Waals surface area contributed by atoms with Crippen LogP contribution in [-0.4, -0.2) is 67.2 Å². The molecule has 0 aliphatic carbocycles. The maximum atomic E-state index is 14.1. The van der Waals surface area contributed by atoms with Gasteiger partial charge in [0, 0.05) is 41.8 Å². The van der Waals surface area contributed by atoms with Crippen molar-refractivity contribution in [1.29, 1.82) is 0 Å². The summed E-state index contributed by atoms with van der Waals surface area (Å²) in [4.78, 5) is 28.0. The Balaban J connectivity index is 0.00000168. The summed E-state index contributed by atoms with van der Waals surface area (Å²) in [7, 11) is 3.06. The van der Waals surface area contributed by atoms with E-state index in [1.54, 1.807) is 13.1 Å². The van der Waals surface area contributed by atoms with Crippen LogP contribution in [0.5, 0.6) is 0 Å². The lowest BCUT2D eigenvalue weighted by Crippen LogP contribution is -2.53. The number of rotatable bonds is 9. The largest absolute Gasteiger partial charge is 0.388 e. The summed E-state index contributed by atoms with van der Waals surface area (Å²) < 4.78 is 0. The minimum atomic E-state index is 0.0400. The molecule has 1 saturated heterocycles. The van der Waals surface area contributed by atoms with Gasteiger partial charge in [-0.3, -0.25) is 14.5 Å². The summed E-state index contributed by atoms with van der Waals surface area (Å²) in [5.41, 5.74) is 14.8. The first kappa shape index (κ1) is 44.1. The van der Waals surface area contributed by atoms with E-state index in [9.17, 15) is 4.79 Å². The van der Waals surface area contributed by atoms with Crippen molar-refractivity contribution in [1.82, 2.24) is 20.7 Å². The molecule has 10 nitrogen and oxygen atoms in total. The highest BCUT2D eigenvalue weighted by Gasteiger charge is 2.36. The Labute approximate surface area is 293 Å². The molecular weight excluding hydrogens is 635 g/mol. The SMILES string of the molecule is CN.CNC=O.Cc1ccc(C(CCC(C)(C)C)N(C(=O)Cc2cc(Cl)cc(Cl)c2)C2CCN(C(C)(C)C)CC2)cc1.N/C=N\NN. The van der Waals surface area contributed by atoms with Gasteiger partial charge in [0.15, 0.2) is 0 Å². The number of piperidine rings is 1. The van der Waals surface area contributed by atoms with Gasteiger partial charge < -0.3 is 21.7 Å². The molecule has 1 fully saturated rings. The van der Waals surface area contributed by atoms with Crippen molar-refractivity contribution >= 4 is 41.9 Å². The van der Waals surface area contributed by atoms with Gasteiger partial charge in [-0.05, 0) is 95.2 Å². The van der Waals surface area contributed by atoms with E-state index in [4.69, 9.17) is 33.7 Å². The van der Waals surface area contributed by atoms with Gasteiger partial charge in [-0.25, -0.2) is 11.4 Å². The Morgan fingerprint density at radius 2 is 1.55 bits per heavy atom. The molecule has 3 rings (SSSR count). The molecule has 2 amide bonds. The van der Waals surface area contributed by atoms with E-state index >= 15 is 0 Å². The van der Waals surface area contributed by atoms with E-state index in [0.717, 1.165) is 50.7 Å². The Morgan fingerprint density at radius 1 is 1.04 bits per heavy atom. The van der Waals surface area contributed by atoms with E-state index in [-0.39, 0.29) is 28.9 Å². The molecule has 1 aliphatic rings. The number of hydrazine groups is 1. The number of benzene rings is 2. The van der Waals surface area contributed by atoms with Crippen molar-refractivity contribution in [3.05, 3.63) is 69.2 Å². The summed E-state index contributed by atoms with van der Waals surface area (Å²) in [5.74, 6) is 4.77. The van der Waals surface area contributed by atoms with Gasteiger partial charge in [-0.1, -0.05) is 73.8 Å². The van der Waals surface area contributed by atoms with Crippen LogP contribution in [0.4, 0.5) is 0 Å². The number of aryl methyl sites for hydroxylation is 1. The van der Waals surface area contributed by atoms with Crippen molar-refractivity contribution in [2.24, 2.45) is 27.8 Å². The fourth-order valence-electron chi connectivity index (χ4n) is 5.29. The van der Waals surface area contributed by atoms with Crippen LogP contribution in [0.25, 0.3) is 0 Å². The number of amides is 2. The number of carbonyl (C=O) groups excluding carboxylic acids is 2. The van der Waals surface area contributed by atoms with Crippen LogP contribution < -0.4 is 28.2 Å². The van der Waals surface area contributed by atoms with Crippen molar-refractivity contribution in [2.75, 3.05) is 27.2 Å². The Bertz CT molecular complexity index is 1170. The highest BCUT2D eigenvalue weighted by Crippen LogP contribution is 2.36. The van der Waals surface area contributed by atoms with E-state index in [0.29, 0.717) is 22.9 Å². The lowest BCUT2D eigenvalue weighted by atomic mass is 9.85. The fourth-order valence-corrected chi connectivity index (χ4v) is 5.86. The van der Waals surface area contributed by atoms with Crippen LogP contribution in [0.3, 0.4) is 0 Å². The summed E-state index contributed by atoms with van der Waals surface area (Å²) in [6.45, 7) is 17.8. The predicted octanol–water partition coefficient (Wildman–Crippen LogP) is 5.79. The third kappa shape index (κ3) is 17.7. The van der Waals surface area contributed by atoms with Gasteiger partial charge in [0.2, 0.25) is 12.3 Å². The molecule has 0 bridgehead atoms. The molecule has 8 N–H and O–H groups in total. The maximum absolute atomic E-state index is 14.1. The average Bonchev–Trinajstić information content (AvgIpc) is 3.00. The molecule has 1 aliphatic heterocycles. The lowest BCUT2D eigenvalue weighted by molar-refractivity contribution is -0.137. The first-order valence-corrected chi connectivity index (χ1v) is 16.8. The fraction of sp³-hybridized carbons (Fsp3) is 0.571. The number of halogens is 2. The van der Waals surface area contributed by atoms with Crippen molar-refractivity contribution < 1.29 is 9.59 Å². The molecule has 0 aromatic heterocycles. The van der Waals surface area contributed by atoms with Gasteiger partial charge in [0.1, 0.15) is 6.34 Å². The van der Waals surface area contributed by atoms with Crippen LogP contribution in [0, 0.1) is 12.3 Å². The van der Waals surface area contributed by atoms with Gasteiger partial charge in [-0.15, -0.1) is 0 Å². The topological polar surface area (TPSA) is 155 Å². The van der Waals surface area contributed by atoms with Crippen LogP contribution in [-0.2, 0) is 16.0 Å². The monoisotopic (exact) mass is 694 g/mol. The molecule has 2 aromatic carbocycles. The zero-order valence-corrected chi connectivity index (χ0v) is 31.5. The van der Waals surface area contributed by atoms with Gasteiger partial charge in [-0.2, -0.15) is 5.10 Å². The van der Waals surface area contributed by atoms with Crippen LogP contribution >= 0.6 is 23.2 Å².